The first-order chi connectivity index (χ1) is 14.3. The number of carbonyl (C=O) groups excluding carboxylic acids is 1. The second-order valence-corrected chi connectivity index (χ2v) is 10.5. The van der Waals surface area contributed by atoms with E-state index in [1.54, 1.807) is 19.9 Å². The van der Waals surface area contributed by atoms with Crippen molar-refractivity contribution in [1.82, 2.24) is 0 Å². The number of allylic oxidation sites excluding steroid dienone is 2. The molecule has 4 nitrogen and oxygen atoms in total. The lowest BCUT2D eigenvalue weighted by Crippen LogP contribution is -2.34. The molecule has 3 atom stereocenters. The van der Waals surface area contributed by atoms with Gasteiger partial charge in [-0.2, -0.15) is 0 Å². The normalized spacial score (nSPS) is 21.0. The molecule has 0 bridgehead atoms. The van der Waals surface area contributed by atoms with E-state index in [4.69, 9.17) is 4.74 Å². The summed E-state index contributed by atoms with van der Waals surface area (Å²) in [6.07, 6.45) is 4.41. The predicted octanol–water partition coefficient (Wildman–Crippen LogP) is 5.61. The molecule has 0 spiro atoms. The Bertz CT molecular complexity index is 995. The summed E-state index contributed by atoms with van der Waals surface area (Å²) in [6, 6.07) is 17.2. The Hall–Kier alpha value is -2.42. The van der Waals surface area contributed by atoms with Crippen molar-refractivity contribution < 1.29 is 19.0 Å². The molecular weight excluding hydrogens is 395 g/mol. The minimum atomic E-state index is -3.72. The zero-order valence-corrected chi connectivity index (χ0v) is 18.5. The van der Waals surface area contributed by atoms with E-state index in [1.165, 1.54) is 0 Å². The van der Waals surface area contributed by atoms with Gasteiger partial charge >= 0.3 is 5.97 Å². The van der Waals surface area contributed by atoms with Crippen LogP contribution < -0.4 is 0 Å². The van der Waals surface area contributed by atoms with Crippen molar-refractivity contribution in [1.29, 1.82) is 0 Å². The monoisotopic (exact) mass is 424 g/mol. The summed E-state index contributed by atoms with van der Waals surface area (Å²) in [7, 11) is -3.72. The van der Waals surface area contributed by atoms with Crippen LogP contribution in [0.25, 0.3) is 5.57 Å². The Kier molecular flexibility index (Phi) is 6.80. The van der Waals surface area contributed by atoms with Gasteiger partial charge in [-0.1, -0.05) is 66.7 Å². The van der Waals surface area contributed by atoms with Crippen LogP contribution in [0.2, 0.25) is 0 Å². The Morgan fingerprint density at radius 3 is 2.57 bits per heavy atom. The van der Waals surface area contributed by atoms with E-state index in [2.05, 4.69) is 6.58 Å². The van der Waals surface area contributed by atoms with Gasteiger partial charge < -0.3 is 9.63 Å². The predicted molar refractivity (Wildman–Crippen MR) is 121 cm³/mol. The van der Waals surface area contributed by atoms with Crippen molar-refractivity contribution in [2.75, 3.05) is 6.61 Å². The lowest BCUT2D eigenvalue weighted by molar-refractivity contribution is -0.145. The van der Waals surface area contributed by atoms with Crippen LogP contribution in [-0.4, -0.2) is 22.6 Å². The van der Waals surface area contributed by atoms with Crippen LogP contribution in [-0.2, 0) is 26.7 Å². The SMILES string of the molecule is C=CCC1(P(=O)(O)Cc2ccccc2)C=C(C(C)C(=O)OCC)c2ccccc2C1. The van der Waals surface area contributed by atoms with E-state index in [1.807, 2.05) is 60.7 Å². The minimum absolute atomic E-state index is 0.0708. The third-order valence-corrected chi connectivity index (χ3v) is 8.44. The van der Waals surface area contributed by atoms with Crippen molar-refractivity contribution in [3.05, 3.63) is 90.0 Å². The zero-order valence-electron chi connectivity index (χ0n) is 17.6. The molecule has 30 heavy (non-hydrogen) atoms. The number of fused-ring (bicyclic) bond motifs is 1. The van der Waals surface area contributed by atoms with Crippen LogP contribution in [0.15, 0.2) is 73.3 Å². The van der Waals surface area contributed by atoms with Crippen LogP contribution in [0.1, 0.15) is 37.0 Å². The van der Waals surface area contributed by atoms with Gasteiger partial charge in [-0.25, -0.2) is 0 Å². The topological polar surface area (TPSA) is 63.6 Å². The summed E-state index contributed by atoms with van der Waals surface area (Å²) in [5.74, 6) is -0.865. The molecule has 5 heteroatoms. The maximum Gasteiger partial charge on any atom is 0.313 e. The number of hydrogen-bond donors (Lipinski definition) is 1. The van der Waals surface area contributed by atoms with Gasteiger partial charge in [0.05, 0.1) is 23.8 Å². The molecule has 2 aromatic rings. The highest BCUT2D eigenvalue weighted by Crippen LogP contribution is 2.63. The van der Waals surface area contributed by atoms with E-state index in [0.29, 0.717) is 19.4 Å². The van der Waals surface area contributed by atoms with Gasteiger partial charge in [0, 0.05) is 0 Å². The Morgan fingerprint density at radius 2 is 1.90 bits per heavy atom. The van der Waals surface area contributed by atoms with Gasteiger partial charge in [0.2, 0.25) is 7.37 Å². The number of esters is 1. The molecule has 0 aromatic heterocycles. The summed E-state index contributed by atoms with van der Waals surface area (Å²) < 4.78 is 19.1. The van der Waals surface area contributed by atoms with Crippen molar-refractivity contribution >= 4 is 18.9 Å². The molecule has 2 aromatic carbocycles. The lowest BCUT2D eigenvalue weighted by atomic mass is 9.78. The molecular formula is C25H29O4P. The standard InChI is InChI=1S/C25H29O4P/c1-4-15-25(30(27,28)18-20-11-7-6-8-12-20)16-21-13-9-10-14-22(21)23(17-25)19(3)24(26)29-5-2/h4,6-14,17,19H,1,5,15-16,18H2,2-3H3,(H,27,28). The van der Waals surface area contributed by atoms with Crippen LogP contribution in [0.5, 0.6) is 0 Å². The number of ether oxygens (including phenoxy) is 1. The van der Waals surface area contributed by atoms with E-state index >= 15 is 0 Å². The number of rotatable bonds is 8. The summed E-state index contributed by atoms with van der Waals surface area (Å²) in [4.78, 5) is 23.9. The van der Waals surface area contributed by atoms with Crippen molar-refractivity contribution in [3.8, 4) is 0 Å². The highest BCUT2D eigenvalue weighted by atomic mass is 31.2. The second-order valence-electron chi connectivity index (χ2n) is 7.85. The van der Waals surface area contributed by atoms with Gasteiger partial charge in [0.25, 0.3) is 0 Å². The fourth-order valence-electron chi connectivity index (χ4n) is 4.19. The third kappa shape index (κ3) is 4.35. The first kappa shape index (κ1) is 22.3. The van der Waals surface area contributed by atoms with E-state index in [9.17, 15) is 14.3 Å². The zero-order chi connectivity index (χ0) is 21.8. The maximum atomic E-state index is 13.9. The van der Waals surface area contributed by atoms with Gasteiger partial charge in [0.15, 0.2) is 0 Å². The van der Waals surface area contributed by atoms with Gasteiger partial charge in [-0.15, -0.1) is 6.58 Å². The third-order valence-electron chi connectivity index (χ3n) is 5.79. The van der Waals surface area contributed by atoms with Crippen molar-refractivity contribution in [2.45, 2.75) is 38.0 Å². The molecule has 0 heterocycles. The number of hydrogen-bond acceptors (Lipinski definition) is 3. The van der Waals surface area contributed by atoms with Crippen LogP contribution in [0, 0.1) is 5.92 Å². The molecule has 1 N–H and O–H groups in total. The first-order valence-electron chi connectivity index (χ1n) is 10.3. The average Bonchev–Trinajstić information content (AvgIpc) is 2.73. The van der Waals surface area contributed by atoms with E-state index < -0.39 is 18.4 Å². The Morgan fingerprint density at radius 1 is 1.23 bits per heavy atom. The van der Waals surface area contributed by atoms with Crippen LogP contribution in [0.3, 0.4) is 0 Å². The number of benzene rings is 2. The average molecular weight is 424 g/mol. The molecule has 1 aliphatic rings. The molecule has 0 aliphatic heterocycles. The molecule has 1 aliphatic carbocycles. The molecule has 0 amide bonds. The highest BCUT2D eigenvalue weighted by Gasteiger charge is 2.48. The fourth-order valence-corrected chi connectivity index (χ4v) is 6.39. The van der Waals surface area contributed by atoms with Crippen molar-refractivity contribution in [2.24, 2.45) is 5.92 Å². The van der Waals surface area contributed by atoms with Crippen LogP contribution in [0.4, 0.5) is 0 Å². The Balaban J connectivity index is 2.13. The molecule has 3 rings (SSSR count). The summed E-state index contributed by atoms with van der Waals surface area (Å²) in [5, 5.41) is -1.02. The summed E-state index contributed by atoms with van der Waals surface area (Å²) in [5.41, 5.74) is 3.48. The molecule has 3 unspecified atom stereocenters. The first-order valence-corrected chi connectivity index (χ1v) is 12.1. The highest BCUT2D eigenvalue weighted by molar-refractivity contribution is 7.59. The molecule has 0 saturated heterocycles. The Labute approximate surface area is 178 Å². The molecule has 158 valence electrons. The van der Waals surface area contributed by atoms with Gasteiger partial charge in [-0.3, -0.25) is 9.36 Å². The maximum absolute atomic E-state index is 13.9. The smallest absolute Gasteiger partial charge is 0.313 e. The molecule has 0 radical (unpaired) electrons. The minimum Gasteiger partial charge on any atom is -0.466 e. The fraction of sp³-hybridized carbons (Fsp3) is 0.320. The van der Waals surface area contributed by atoms with Crippen molar-refractivity contribution in [3.63, 3.8) is 0 Å². The summed E-state index contributed by atoms with van der Waals surface area (Å²) >= 11 is 0. The summed E-state index contributed by atoms with van der Waals surface area (Å²) in [6.45, 7) is 7.72. The largest absolute Gasteiger partial charge is 0.466 e. The quantitative estimate of drug-likeness (QED) is 0.340. The van der Waals surface area contributed by atoms with Crippen LogP contribution >= 0.6 is 7.37 Å². The van der Waals surface area contributed by atoms with E-state index in [-0.39, 0.29) is 12.1 Å². The van der Waals surface area contributed by atoms with Gasteiger partial charge in [0.1, 0.15) is 0 Å². The second kappa shape index (κ2) is 9.16. The lowest BCUT2D eigenvalue weighted by Gasteiger charge is -2.40. The molecule has 0 fully saturated rings. The molecule has 0 saturated carbocycles. The van der Waals surface area contributed by atoms with E-state index in [0.717, 1.165) is 22.3 Å². The number of carbonyl (C=O) groups is 1. The van der Waals surface area contributed by atoms with Gasteiger partial charge in [-0.05, 0) is 49.0 Å².